The molecule has 4 nitrogen and oxygen atoms in total. The molecule has 2 heterocycles. The molecule has 1 unspecified atom stereocenters. The fourth-order valence-electron chi connectivity index (χ4n) is 3.81. The molecule has 1 atom stereocenters. The van der Waals surface area contributed by atoms with Crippen LogP contribution in [-0.2, 0) is 6.42 Å². The van der Waals surface area contributed by atoms with Crippen LogP contribution >= 0.6 is 11.6 Å². The number of aromatic nitrogens is 2. The van der Waals surface area contributed by atoms with Gasteiger partial charge in [-0.25, -0.2) is 9.97 Å². The van der Waals surface area contributed by atoms with Crippen LogP contribution in [0.15, 0.2) is 42.5 Å². The van der Waals surface area contributed by atoms with Gasteiger partial charge in [0.15, 0.2) is 5.82 Å². The first-order valence-corrected chi connectivity index (χ1v) is 9.58. The minimum Gasteiger partial charge on any atom is -0.384 e. The lowest BCUT2D eigenvalue weighted by atomic mass is 9.93. The second-order valence-electron chi connectivity index (χ2n) is 7.18. The molecule has 4 rings (SSSR count). The predicted octanol–water partition coefficient (Wildman–Crippen LogP) is 5.12. The molecular formula is C22H23ClN4. The van der Waals surface area contributed by atoms with Crippen LogP contribution in [0.5, 0.6) is 0 Å². The second-order valence-corrected chi connectivity index (χ2v) is 7.62. The van der Waals surface area contributed by atoms with Crippen molar-refractivity contribution < 1.29 is 0 Å². The molecule has 138 valence electrons. The van der Waals surface area contributed by atoms with Crippen molar-refractivity contribution >= 4 is 23.2 Å². The highest BCUT2D eigenvalue weighted by Gasteiger charge is 2.26. The molecule has 0 saturated heterocycles. The Morgan fingerprint density at radius 1 is 1.11 bits per heavy atom. The van der Waals surface area contributed by atoms with Gasteiger partial charge in [0.05, 0.1) is 6.04 Å². The normalized spacial score (nSPS) is 16.3. The zero-order valence-corrected chi connectivity index (χ0v) is 16.6. The Bertz CT molecular complexity index is 1020. The minimum absolute atomic E-state index is 0.174. The van der Waals surface area contributed by atoms with Crippen LogP contribution in [0.3, 0.4) is 0 Å². The molecular weight excluding hydrogens is 356 g/mol. The van der Waals surface area contributed by atoms with Gasteiger partial charge in [-0.3, -0.25) is 0 Å². The zero-order chi connectivity index (χ0) is 19.1. The lowest BCUT2D eigenvalue weighted by Gasteiger charge is -2.36. The number of hydrogen-bond acceptors (Lipinski definition) is 4. The largest absolute Gasteiger partial charge is 0.384 e. The SMILES string of the molecule is Cc1cccc(-c2nc(N)cc(N3CCc4ccc(Cl)cc4C3C)n2)c1C. The first-order valence-electron chi connectivity index (χ1n) is 9.20. The number of nitrogens with zero attached hydrogens (tertiary/aromatic N) is 3. The van der Waals surface area contributed by atoms with Crippen molar-refractivity contribution in [2.75, 3.05) is 17.2 Å². The quantitative estimate of drug-likeness (QED) is 0.672. The molecule has 0 amide bonds. The summed E-state index contributed by atoms with van der Waals surface area (Å²) in [4.78, 5) is 11.7. The summed E-state index contributed by atoms with van der Waals surface area (Å²) in [7, 11) is 0. The number of fused-ring (bicyclic) bond motifs is 1. The van der Waals surface area contributed by atoms with E-state index in [9.17, 15) is 0 Å². The van der Waals surface area contributed by atoms with Crippen LogP contribution in [-0.4, -0.2) is 16.5 Å². The van der Waals surface area contributed by atoms with Crippen molar-refractivity contribution in [2.24, 2.45) is 0 Å². The number of nitrogens with two attached hydrogens (primary N) is 1. The molecule has 5 heteroatoms. The Hall–Kier alpha value is -2.59. The van der Waals surface area contributed by atoms with E-state index in [-0.39, 0.29) is 6.04 Å². The van der Waals surface area contributed by atoms with E-state index in [4.69, 9.17) is 22.3 Å². The van der Waals surface area contributed by atoms with Crippen molar-refractivity contribution in [3.8, 4) is 11.4 Å². The lowest BCUT2D eigenvalue weighted by Crippen LogP contribution is -2.34. The summed E-state index contributed by atoms with van der Waals surface area (Å²) in [5.41, 5.74) is 12.2. The van der Waals surface area contributed by atoms with E-state index >= 15 is 0 Å². The first-order chi connectivity index (χ1) is 12.9. The molecule has 3 aromatic rings. The van der Waals surface area contributed by atoms with E-state index in [0.717, 1.165) is 29.4 Å². The zero-order valence-electron chi connectivity index (χ0n) is 15.8. The third-order valence-corrected chi connectivity index (χ3v) is 5.75. The van der Waals surface area contributed by atoms with Crippen molar-refractivity contribution in [1.29, 1.82) is 0 Å². The highest BCUT2D eigenvalue weighted by molar-refractivity contribution is 6.30. The van der Waals surface area contributed by atoms with Gasteiger partial charge < -0.3 is 10.6 Å². The number of aryl methyl sites for hydroxylation is 1. The molecule has 2 N–H and O–H groups in total. The number of anilines is 2. The molecule has 0 radical (unpaired) electrons. The minimum atomic E-state index is 0.174. The standard InChI is InChI=1S/C22H23ClN4/c1-13-5-4-6-18(14(13)2)22-25-20(24)12-21(26-22)27-10-9-16-7-8-17(23)11-19(16)15(27)3/h4-8,11-12,15H,9-10H2,1-3H3,(H2,24,25,26). The first kappa shape index (κ1) is 17.8. The molecule has 2 aromatic carbocycles. The summed E-state index contributed by atoms with van der Waals surface area (Å²) >= 11 is 6.23. The summed E-state index contributed by atoms with van der Waals surface area (Å²) in [6.07, 6.45) is 0.958. The van der Waals surface area contributed by atoms with Crippen molar-refractivity contribution in [1.82, 2.24) is 9.97 Å². The van der Waals surface area contributed by atoms with Crippen LogP contribution in [0.4, 0.5) is 11.6 Å². The molecule has 0 spiro atoms. The van der Waals surface area contributed by atoms with Gasteiger partial charge in [0.2, 0.25) is 0 Å². The topological polar surface area (TPSA) is 55.0 Å². The number of hydrogen-bond donors (Lipinski definition) is 1. The Morgan fingerprint density at radius 2 is 1.93 bits per heavy atom. The van der Waals surface area contributed by atoms with E-state index < -0.39 is 0 Å². The van der Waals surface area contributed by atoms with Crippen molar-refractivity contribution in [2.45, 2.75) is 33.2 Å². The Kier molecular flexibility index (Phi) is 4.52. The third kappa shape index (κ3) is 3.26. The molecule has 0 saturated carbocycles. The molecule has 1 aliphatic rings. The molecule has 0 aliphatic carbocycles. The third-order valence-electron chi connectivity index (χ3n) is 5.52. The average Bonchev–Trinajstić information content (AvgIpc) is 2.64. The number of halogens is 1. The Labute approximate surface area is 165 Å². The molecule has 1 aliphatic heterocycles. The second kappa shape index (κ2) is 6.86. The monoisotopic (exact) mass is 378 g/mol. The van der Waals surface area contributed by atoms with E-state index in [0.29, 0.717) is 11.6 Å². The Balaban J connectivity index is 1.77. The van der Waals surface area contributed by atoms with Gasteiger partial charge >= 0.3 is 0 Å². The highest BCUT2D eigenvalue weighted by atomic mass is 35.5. The van der Waals surface area contributed by atoms with E-state index in [1.807, 2.05) is 18.2 Å². The maximum atomic E-state index is 6.23. The highest BCUT2D eigenvalue weighted by Crippen LogP contribution is 2.35. The van der Waals surface area contributed by atoms with Crippen molar-refractivity contribution in [3.05, 3.63) is 69.7 Å². The van der Waals surface area contributed by atoms with E-state index in [2.05, 4.69) is 54.9 Å². The van der Waals surface area contributed by atoms with Crippen LogP contribution in [0.1, 0.15) is 35.2 Å². The summed E-state index contributed by atoms with van der Waals surface area (Å²) in [5, 5.41) is 0.765. The van der Waals surface area contributed by atoms with Gasteiger partial charge in [0.25, 0.3) is 0 Å². The van der Waals surface area contributed by atoms with Crippen LogP contribution in [0.25, 0.3) is 11.4 Å². The molecule has 0 bridgehead atoms. The fraction of sp³-hybridized carbons (Fsp3) is 0.273. The summed E-state index contributed by atoms with van der Waals surface area (Å²) < 4.78 is 0. The van der Waals surface area contributed by atoms with Gasteiger partial charge in [-0.05, 0) is 61.6 Å². The van der Waals surface area contributed by atoms with Crippen LogP contribution in [0.2, 0.25) is 5.02 Å². The Morgan fingerprint density at radius 3 is 2.74 bits per heavy atom. The van der Waals surface area contributed by atoms with Gasteiger partial charge in [0, 0.05) is 23.2 Å². The maximum Gasteiger partial charge on any atom is 0.164 e. The summed E-state index contributed by atoms with van der Waals surface area (Å²) in [6.45, 7) is 7.26. The maximum absolute atomic E-state index is 6.23. The smallest absolute Gasteiger partial charge is 0.164 e. The number of benzene rings is 2. The number of nitrogen functional groups attached to an aromatic ring is 1. The molecule has 0 fully saturated rings. The number of rotatable bonds is 2. The summed E-state index contributed by atoms with van der Waals surface area (Å²) in [5.74, 6) is 2.02. The summed E-state index contributed by atoms with van der Waals surface area (Å²) in [6, 6.07) is 14.4. The van der Waals surface area contributed by atoms with Crippen molar-refractivity contribution in [3.63, 3.8) is 0 Å². The van der Waals surface area contributed by atoms with Gasteiger partial charge in [-0.2, -0.15) is 0 Å². The van der Waals surface area contributed by atoms with Crippen LogP contribution in [0, 0.1) is 13.8 Å². The van der Waals surface area contributed by atoms with E-state index in [1.54, 1.807) is 0 Å². The van der Waals surface area contributed by atoms with Gasteiger partial charge in [-0.1, -0.05) is 35.9 Å². The van der Waals surface area contributed by atoms with E-state index in [1.165, 1.54) is 22.3 Å². The lowest BCUT2D eigenvalue weighted by molar-refractivity contribution is 0.617. The van der Waals surface area contributed by atoms with Crippen LogP contribution < -0.4 is 10.6 Å². The predicted molar refractivity (Wildman–Crippen MR) is 112 cm³/mol. The molecule has 1 aromatic heterocycles. The average molecular weight is 379 g/mol. The van der Waals surface area contributed by atoms with Gasteiger partial charge in [0.1, 0.15) is 11.6 Å². The van der Waals surface area contributed by atoms with Gasteiger partial charge in [-0.15, -0.1) is 0 Å². The molecule has 27 heavy (non-hydrogen) atoms. The fourth-order valence-corrected chi connectivity index (χ4v) is 3.99.